The van der Waals surface area contributed by atoms with E-state index < -0.39 is 5.97 Å². The van der Waals surface area contributed by atoms with E-state index in [0.29, 0.717) is 16.1 Å². The lowest BCUT2D eigenvalue weighted by atomic mass is 10.0. The molecule has 1 N–H and O–H groups in total. The maximum Gasteiger partial charge on any atom is 0.327 e. The average Bonchev–Trinajstić information content (AvgIpc) is 2.42. The molecule has 1 rings (SSSR count). The zero-order valence-electron chi connectivity index (χ0n) is 12.1. The number of hydrogen-bond donors (Lipinski definition) is 1. The molecule has 1 unspecified atom stereocenters. The molecule has 0 aliphatic rings. The van der Waals surface area contributed by atoms with Gasteiger partial charge in [0.2, 0.25) is 0 Å². The third kappa shape index (κ3) is 4.06. The summed E-state index contributed by atoms with van der Waals surface area (Å²) in [4.78, 5) is 23.3. The Hall–Kier alpha value is -1.37. The summed E-state index contributed by atoms with van der Waals surface area (Å²) in [5.41, 5.74) is 0.274. The molecule has 0 radical (unpaired) electrons. The van der Waals surface area contributed by atoms with Crippen LogP contribution in [0.3, 0.4) is 0 Å². The number of halogens is 1. The number of nitrogens with one attached hydrogen (secondary N) is 1. The minimum absolute atomic E-state index is 0.199. The minimum atomic E-state index is -0.513. The van der Waals surface area contributed by atoms with Crippen LogP contribution < -0.4 is 10.9 Å². The van der Waals surface area contributed by atoms with E-state index in [1.807, 2.05) is 0 Å². The number of nitrogens with zero attached hydrogens (tertiary/aromatic N) is 2. The second kappa shape index (κ2) is 7.42. The van der Waals surface area contributed by atoms with Crippen LogP contribution in [0, 0.1) is 5.92 Å². The summed E-state index contributed by atoms with van der Waals surface area (Å²) < 4.78 is 5.96. The standard InChI is InChI=1S/C13H20BrN3O3/c1-5-9(8(2)3)16-10-6-15-17(7-11(18)20-4)13(19)12(10)14/h6,8-9,16H,5,7H2,1-4H3. The predicted octanol–water partition coefficient (Wildman–Crippen LogP) is 2.03. The molecular weight excluding hydrogens is 326 g/mol. The Balaban J connectivity index is 3.00. The highest BCUT2D eigenvalue weighted by atomic mass is 79.9. The number of rotatable bonds is 6. The Morgan fingerprint density at radius 1 is 1.55 bits per heavy atom. The Morgan fingerprint density at radius 2 is 2.20 bits per heavy atom. The summed E-state index contributed by atoms with van der Waals surface area (Å²) in [6.07, 6.45) is 2.48. The third-order valence-corrected chi connectivity index (χ3v) is 3.84. The van der Waals surface area contributed by atoms with E-state index in [9.17, 15) is 9.59 Å². The maximum atomic E-state index is 12.1. The van der Waals surface area contributed by atoms with Gasteiger partial charge in [-0.05, 0) is 28.3 Å². The van der Waals surface area contributed by atoms with E-state index in [-0.39, 0.29) is 18.1 Å². The Kier molecular flexibility index (Phi) is 6.19. The van der Waals surface area contributed by atoms with E-state index in [1.165, 1.54) is 7.11 Å². The number of aromatic nitrogens is 2. The molecule has 0 fully saturated rings. The van der Waals surface area contributed by atoms with Gasteiger partial charge in [0.25, 0.3) is 5.56 Å². The van der Waals surface area contributed by atoms with Gasteiger partial charge in [-0.3, -0.25) is 9.59 Å². The molecule has 0 aromatic carbocycles. The summed E-state index contributed by atoms with van der Waals surface area (Å²) >= 11 is 3.26. The summed E-state index contributed by atoms with van der Waals surface area (Å²) in [5, 5.41) is 7.28. The van der Waals surface area contributed by atoms with Crippen LogP contribution in [0.1, 0.15) is 27.2 Å². The summed E-state index contributed by atoms with van der Waals surface area (Å²) in [5.74, 6) is -0.0785. The fourth-order valence-electron chi connectivity index (χ4n) is 1.81. The highest BCUT2D eigenvalue weighted by molar-refractivity contribution is 9.10. The fourth-order valence-corrected chi connectivity index (χ4v) is 2.23. The van der Waals surface area contributed by atoms with Gasteiger partial charge in [-0.1, -0.05) is 20.8 Å². The largest absolute Gasteiger partial charge is 0.468 e. The van der Waals surface area contributed by atoms with Crippen LogP contribution in [0.4, 0.5) is 5.69 Å². The molecule has 112 valence electrons. The molecule has 0 aliphatic carbocycles. The molecule has 0 saturated heterocycles. The van der Waals surface area contributed by atoms with Crippen molar-refractivity contribution in [3.63, 3.8) is 0 Å². The summed E-state index contributed by atoms with van der Waals surface area (Å²) in [6.45, 7) is 6.11. The molecule has 7 heteroatoms. The first-order valence-corrected chi connectivity index (χ1v) is 7.28. The first-order chi connectivity index (χ1) is 9.40. The van der Waals surface area contributed by atoms with Gasteiger partial charge in [-0.15, -0.1) is 0 Å². The molecular formula is C13H20BrN3O3. The number of hydrogen-bond acceptors (Lipinski definition) is 5. The molecule has 0 amide bonds. The normalized spacial score (nSPS) is 12.3. The van der Waals surface area contributed by atoms with Crippen molar-refractivity contribution < 1.29 is 9.53 Å². The van der Waals surface area contributed by atoms with Crippen LogP contribution in [0.25, 0.3) is 0 Å². The van der Waals surface area contributed by atoms with E-state index in [4.69, 9.17) is 0 Å². The smallest absolute Gasteiger partial charge is 0.327 e. The molecule has 20 heavy (non-hydrogen) atoms. The fraction of sp³-hybridized carbons (Fsp3) is 0.615. The SMILES string of the molecule is CCC(Nc1cnn(CC(=O)OC)c(=O)c1Br)C(C)C. The second-order valence-electron chi connectivity index (χ2n) is 4.81. The third-order valence-electron chi connectivity index (χ3n) is 3.08. The van der Waals surface area contributed by atoms with Gasteiger partial charge < -0.3 is 10.1 Å². The molecule has 6 nitrogen and oxygen atoms in total. The molecule has 0 aliphatic heterocycles. The highest BCUT2D eigenvalue weighted by Crippen LogP contribution is 2.20. The van der Waals surface area contributed by atoms with Crippen molar-refractivity contribution >= 4 is 27.6 Å². The highest BCUT2D eigenvalue weighted by Gasteiger charge is 2.16. The molecule has 0 saturated carbocycles. The minimum Gasteiger partial charge on any atom is -0.468 e. The quantitative estimate of drug-likeness (QED) is 0.798. The van der Waals surface area contributed by atoms with Gasteiger partial charge in [0, 0.05) is 6.04 Å². The maximum absolute atomic E-state index is 12.1. The lowest BCUT2D eigenvalue weighted by Gasteiger charge is -2.22. The van der Waals surface area contributed by atoms with E-state index in [2.05, 4.69) is 51.9 Å². The number of carbonyl (C=O) groups excluding carboxylic acids is 1. The zero-order chi connectivity index (χ0) is 15.3. The van der Waals surface area contributed by atoms with Gasteiger partial charge in [0.05, 0.1) is 19.0 Å². The van der Waals surface area contributed by atoms with Gasteiger partial charge in [-0.2, -0.15) is 5.10 Å². The van der Waals surface area contributed by atoms with Crippen LogP contribution in [0.15, 0.2) is 15.5 Å². The number of carbonyl (C=O) groups is 1. The lowest BCUT2D eigenvalue weighted by Crippen LogP contribution is -2.30. The van der Waals surface area contributed by atoms with Gasteiger partial charge >= 0.3 is 5.97 Å². The Bertz CT molecular complexity index is 528. The van der Waals surface area contributed by atoms with Crippen LogP contribution in [0.5, 0.6) is 0 Å². The predicted molar refractivity (Wildman–Crippen MR) is 80.8 cm³/mol. The number of esters is 1. The van der Waals surface area contributed by atoms with Crippen molar-refractivity contribution in [2.45, 2.75) is 39.8 Å². The molecule has 0 spiro atoms. The van der Waals surface area contributed by atoms with Gasteiger partial charge in [-0.25, -0.2) is 4.68 Å². The lowest BCUT2D eigenvalue weighted by molar-refractivity contribution is -0.141. The first-order valence-electron chi connectivity index (χ1n) is 6.49. The van der Waals surface area contributed by atoms with Crippen molar-refractivity contribution in [3.05, 3.63) is 21.0 Å². The van der Waals surface area contributed by atoms with Crippen LogP contribution in [0.2, 0.25) is 0 Å². The van der Waals surface area contributed by atoms with Crippen molar-refractivity contribution in [3.8, 4) is 0 Å². The van der Waals surface area contributed by atoms with E-state index in [0.717, 1.165) is 11.1 Å². The van der Waals surface area contributed by atoms with Crippen molar-refractivity contribution in [1.82, 2.24) is 9.78 Å². The molecule has 1 aromatic rings. The molecule has 1 heterocycles. The molecule has 0 bridgehead atoms. The Morgan fingerprint density at radius 3 is 2.70 bits per heavy atom. The first kappa shape index (κ1) is 16.7. The molecule has 1 atom stereocenters. The number of anilines is 1. The van der Waals surface area contributed by atoms with E-state index in [1.54, 1.807) is 6.20 Å². The monoisotopic (exact) mass is 345 g/mol. The Labute approximate surface area is 126 Å². The average molecular weight is 346 g/mol. The van der Waals surface area contributed by atoms with Gasteiger partial charge in [0.15, 0.2) is 0 Å². The van der Waals surface area contributed by atoms with Gasteiger partial charge in [0.1, 0.15) is 11.0 Å². The summed E-state index contributed by atoms with van der Waals surface area (Å²) in [7, 11) is 1.27. The van der Waals surface area contributed by atoms with Crippen molar-refractivity contribution in [2.24, 2.45) is 5.92 Å². The van der Waals surface area contributed by atoms with Crippen LogP contribution in [-0.2, 0) is 16.1 Å². The van der Waals surface area contributed by atoms with Crippen LogP contribution >= 0.6 is 15.9 Å². The summed E-state index contributed by atoms with van der Waals surface area (Å²) in [6, 6.07) is 0.254. The number of ether oxygens (including phenoxy) is 1. The van der Waals surface area contributed by atoms with Crippen molar-refractivity contribution in [1.29, 1.82) is 0 Å². The zero-order valence-corrected chi connectivity index (χ0v) is 13.7. The van der Waals surface area contributed by atoms with Crippen LogP contribution in [-0.4, -0.2) is 28.9 Å². The molecule has 1 aromatic heterocycles. The van der Waals surface area contributed by atoms with Crippen molar-refractivity contribution in [2.75, 3.05) is 12.4 Å². The topological polar surface area (TPSA) is 73.2 Å². The number of methoxy groups -OCH3 is 1. The second-order valence-corrected chi connectivity index (χ2v) is 5.61. The van der Waals surface area contributed by atoms with E-state index >= 15 is 0 Å².